The monoisotopic (exact) mass is 427 g/mol. The van der Waals surface area contributed by atoms with Gasteiger partial charge in [0, 0.05) is 17.5 Å². The first-order chi connectivity index (χ1) is 14.6. The molecule has 0 spiro atoms. The molecule has 2 rings (SSSR count). The molecular formula is C22H25N3O6. The van der Waals surface area contributed by atoms with Gasteiger partial charge < -0.3 is 27.4 Å². The number of hydrogen-bond donors (Lipinski definition) is 5. The standard InChI is InChI=1S/C22H25N3O6/c23-16(20(27)15-8-4-2-6-13(15)10-18(25)22(30)31)11-19(26)14-7-3-1-5-12(14)9-17(24)21(28)29/h1-8,16-18H,9-11,23-25H2,(H,28,29)(H,30,31). The Bertz CT molecular complexity index is 991. The number of nitrogens with two attached hydrogens (primary N) is 3. The van der Waals surface area contributed by atoms with Crippen LogP contribution in [-0.4, -0.2) is 51.8 Å². The van der Waals surface area contributed by atoms with Crippen molar-refractivity contribution in [3.8, 4) is 0 Å². The van der Waals surface area contributed by atoms with E-state index in [1.165, 1.54) is 12.1 Å². The first-order valence-electron chi connectivity index (χ1n) is 9.57. The predicted octanol–water partition coefficient (Wildman–Crippen LogP) is 0.378. The van der Waals surface area contributed by atoms with Crippen molar-refractivity contribution < 1.29 is 29.4 Å². The van der Waals surface area contributed by atoms with Gasteiger partial charge in [-0.3, -0.25) is 19.2 Å². The summed E-state index contributed by atoms with van der Waals surface area (Å²) in [5, 5.41) is 18.0. The summed E-state index contributed by atoms with van der Waals surface area (Å²) >= 11 is 0. The van der Waals surface area contributed by atoms with Crippen molar-refractivity contribution in [2.24, 2.45) is 17.2 Å². The summed E-state index contributed by atoms with van der Waals surface area (Å²) in [6.45, 7) is 0. The van der Waals surface area contributed by atoms with Crippen molar-refractivity contribution in [2.45, 2.75) is 37.4 Å². The molecule has 0 bridgehead atoms. The van der Waals surface area contributed by atoms with Gasteiger partial charge in [0.05, 0.1) is 6.04 Å². The second-order valence-corrected chi connectivity index (χ2v) is 7.21. The lowest BCUT2D eigenvalue weighted by Crippen LogP contribution is -2.36. The van der Waals surface area contributed by atoms with E-state index in [1.54, 1.807) is 36.4 Å². The van der Waals surface area contributed by atoms with E-state index in [0.29, 0.717) is 11.1 Å². The summed E-state index contributed by atoms with van der Waals surface area (Å²) in [7, 11) is 0. The molecular weight excluding hydrogens is 402 g/mol. The van der Waals surface area contributed by atoms with E-state index in [9.17, 15) is 19.2 Å². The van der Waals surface area contributed by atoms with E-state index in [-0.39, 0.29) is 30.4 Å². The number of rotatable bonds is 11. The minimum atomic E-state index is -1.20. The molecule has 0 saturated carbocycles. The van der Waals surface area contributed by atoms with Crippen LogP contribution in [0.3, 0.4) is 0 Å². The molecule has 164 valence electrons. The van der Waals surface area contributed by atoms with E-state index < -0.39 is 41.6 Å². The third-order valence-corrected chi connectivity index (χ3v) is 4.86. The first-order valence-corrected chi connectivity index (χ1v) is 9.57. The number of carbonyl (C=O) groups excluding carboxylic acids is 2. The summed E-state index contributed by atoms with van der Waals surface area (Å²) < 4.78 is 0. The predicted molar refractivity (Wildman–Crippen MR) is 113 cm³/mol. The molecule has 3 atom stereocenters. The van der Waals surface area contributed by atoms with E-state index in [1.807, 2.05) is 0 Å². The normalized spacial score (nSPS) is 13.8. The highest BCUT2D eigenvalue weighted by atomic mass is 16.4. The summed E-state index contributed by atoms with van der Waals surface area (Å²) in [5.74, 6) is -3.32. The van der Waals surface area contributed by atoms with Gasteiger partial charge in [0.25, 0.3) is 0 Å². The molecule has 0 aliphatic carbocycles. The van der Waals surface area contributed by atoms with Crippen molar-refractivity contribution >= 4 is 23.5 Å². The van der Waals surface area contributed by atoms with Crippen LogP contribution in [0.2, 0.25) is 0 Å². The maximum atomic E-state index is 12.9. The van der Waals surface area contributed by atoms with Crippen LogP contribution in [0.4, 0.5) is 0 Å². The Labute approximate surface area is 178 Å². The van der Waals surface area contributed by atoms with Gasteiger partial charge in [0.2, 0.25) is 0 Å². The van der Waals surface area contributed by atoms with Crippen molar-refractivity contribution in [1.82, 2.24) is 0 Å². The van der Waals surface area contributed by atoms with Gasteiger partial charge in [-0.1, -0.05) is 48.5 Å². The topological polar surface area (TPSA) is 187 Å². The Balaban J connectivity index is 2.19. The summed E-state index contributed by atoms with van der Waals surface area (Å²) in [6.07, 6.45) is -0.415. The smallest absolute Gasteiger partial charge is 0.320 e. The highest BCUT2D eigenvalue weighted by molar-refractivity contribution is 6.06. The van der Waals surface area contributed by atoms with Crippen molar-refractivity contribution in [2.75, 3.05) is 0 Å². The molecule has 0 aliphatic rings. The van der Waals surface area contributed by atoms with Crippen LogP contribution in [0.15, 0.2) is 48.5 Å². The minimum Gasteiger partial charge on any atom is -0.480 e. The average molecular weight is 427 g/mol. The zero-order chi connectivity index (χ0) is 23.1. The van der Waals surface area contributed by atoms with Crippen LogP contribution in [-0.2, 0) is 22.4 Å². The molecule has 2 aromatic rings. The van der Waals surface area contributed by atoms with Crippen LogP contribution >= 0.6 is 0 Å². The number of Topliss-reactive ketones (excluding diaryl/α,β-unsaturated/α-hetero) is 2. The lowest BCUT2D eigenvalue weighted by Gasteiger charge is -2.16. The zero-order valence-corrected chi connectivity index (χ0v) is 16.7. The molecule has 0 aromatic heterocycles. The third-order valence-electron chi connectivity index (χ3n) is 4.86. The third kappa shape index (κ3) is 6.29. The molecule has 9 nitrogen and oxygen atoms in total. The van der Waals surface area contributed by atoms with Gasteiger partial charge >= 0.3 is 11.9 Å². The molecule has 8 N–H and O–H groups in total. The second kappa shape index (κ2) is 10.6. The number of hydrogen-bond acceptors (Lipinski definition) is 7. The van der Waals surface area contributed by atoms with Gasteiger partial charge in [-0.05, 0) is 24.0 Å². The molecule has 2 aromatic carbocycles. The molecule has 0 radical (unpaired) electrons. The fraction of sp³-hybridized carbons (Fsp3) is 0.273. The largest absolute Gasteiger partial charge is 0.480 e. The Kier molecular flexibility index (Phi) is 8.14. The van der Waals surface area contributed by atoms with Gasteiger partial charge in [-0.25, -0.2) is 0 Å². The summed E-state index contributed by atoms with van der Waals surface area (Å²) in [4.78, 5) is 47.8. The molecule has 0 fully saturated rings. The maximum Gasteiger partial charge on any atom is 0.320 e. The lowest BCUT2D eigenvalue weighted by molar-refractivity contribution is -0.139. The fourth-order valence-corrected chi connectivity index (χ4v) is 3.16. The van der Waals surface area contributed by atoms with Crippen LogP contribution in [0.1, 0.15) is 38.3 Å². The highest BCUT2D eigenvalue weighted by Crippen LogP contribution is 2.18. The molecule has 9 heteroatoms. The number of carbonyl (C=O) groups is 4. The quantitative estimate of drug-likeness (QED) is 0.316. The van der Waals surface area contributed by atoms with E-state index in [4.69, 9.17) is 27.4 Å². The zero-order valence-electron chi connectivity index (χ0n) is 16.7. The number of benzene rings is 2. The van der Waals surface area contributed by atoms with E-state index in [0.717, 1.165) is 0 Å². The molecule has 0 aliphatic heterocycles. The Morgan fingerprint density at radius 1 is 0.677 bits per heavy atom. The highest BCUT2D eigenvalue weighted by Gasteiger charge is 2.25. The lowest BCUT2D eigenvalue weighted by atomic mass is 9.90. The number of aliphatic carboxylic acids is 2. The Hall–Kier alpha value is -3.40. The van der Waals surface area contributed by atoms with Crippen molar-refractivity contribution in [3.63, 3.8) is 0 Å². The molecule has 0 saturated heterocycles. The molecule has 0 amide bonds. The first kappa shape index (κ1) is 23.9. The van der Waals surface area contributed by atoms with Crippen molar-refractivity contribution in [3.05, 3.63) is 70.8 Å². The second-order valence-electron chi connectivity index (χ2n) is 7.21. The molecule has 0 heterocycles. The SMILES string of the molecule is NC(Cc1ccccc1C(=O)CC(N)C(=O)c1ccccc1CC(N)C(=O)O)C(=O)O. The fourth-order valence-electron chi connectivity index (χ4n) is 3.16. The molecule has 3 unspecified atom stereocenters. The molecule has 31 heavy (non-hydrogen) atoms. The summed E-state index contributed by atoms with van der Waals surface area (Å²) in [6, 6.07) is 9.26. The Morgan fingerprint density at radius 3 is 1.58 bits per heavy atom. The van der Waals surface area contributed by atoms with Crippen molar-refractivity contribution in [1.29, 1.82) is 0 Å². The van der Waals surface area contributed by atoms with Crippen LogP contribution < -0.4 is 17.2 Å². The number of ketones is 2. The minimum absolute atomic E-state index is 0.0453. The van der Waals surface area contributed by atoms with E-state index >= 15 is 0 Å². The van der Waals surface area contributed by atoms with Crippen LogP contribution in [0.5, 0.6) is 0 Å². The summed E-state index contributed by atoms with van der Waals surface area (Å²) in [5.41, 5.74) is 18.5. The Morgan fingerprint density at radius 2 is 1.10 bits per heavy atom. The van der Waals surface area contributed by atoms with Crippen LogP contribution in [0.25, 0.3) is 0 Å². The van der Waals surface area contributed by atoms with Gasteiger partial charge in [-0.2, -0.15) is 0 Å². The van der Waals surface area contributed by atoms with E-state index in [2.05, 4.69) is 0 Å². The number of carboxylic acids is 2. The van der Waals surface area contributed by atoms with Gasteiger partial charge in [-0.15, -0.1) is 0 Å². The maximum absolute atomic E-state index is 12.9. The van der Waals surface area contributed by atoms with Crippen LogP contribution in [0, 0.1) is 0 Å². The average Bonchev–Trinajstić information content (AvgIpc) is 2.73. The van der Waals surface area contributed by atoms with Gasteiger partial charge in [0.1, 0.15) is 12.1 Å². The number of carboxylic acid groups (broad SMARTS) is 2. The van der Waals surface area contributed by atoms with Gasteiger partial charge in [0.15, 0.2) is 11.6 Å².